The first-order valence-electron chi connectivity index (χ1n) is 4.79. The van der Waals surface area contributed by atoms with E-state index in [1.54, 1.807) is 6.08 Å². The molecule has 0 saturated carbocycles. The van der Waals surface area contributed by atoms with E-state index >= 15 is 0 Å². The lowest BCUT2D eigenvalue weighted by molar-refractivity contribution is 0.0702. The average molecular weight is 239 g/mol. The molecule has 0 aliphatic carbocycles. The fourth-order valence-corrected chi connectivity index (χ4v) is 1.93. The summed E-state index contributed by atoms with van der Waals surface area (Å²) in [5.74, 6) is -1.25. The number of thiophene rings is 1. The maximum atomic E-state index is 11.6. The van der Waals surface area contributed by atoms with Crippen molar-refractivity contribution in [3.8, 4) is 0 Å². The highest BCUT2D eigenvalue weighted by Gasteiger charge is 2.13. The topological polar surface area (TPSA) is 66.4 Å². The number of nitrogens with one attached hydrogen (secondary N) is 1. The molecule has 2 N–H and O–H groups in total. The molecule has 4 nitrogen and oxygen atoms in total. The van der Waals surface area contributed by atoms with Gasteiger partial charge in [0.1, 0.15) is 4.88 Å². The van der Waals surface area contributed by atoms with Gasteiger partial charge in [-0.15, -0.1) is 17.9 Å². The summed E-state index contributed by atoms with van der Waals surface area (Å²) in [4.78, 5) is 22.8. The Balaban J connectivity index is 2.65. The highest BCUT2D eigenvalue weighted by Crippen LogP contribution is 2.16. The number of amides is 1. The fraction of sp³-hybridized carbons (Fsp3) is 0.273. The Morgan fingerprint density at radius 3 is 2.69 bits per heavy atom. The number of hydrogen-bond acceptors (Lipinski definition) is 3. The maximum absolute atomic E-state index is 11.6. The van der Waals surface area contributed by atoms with Crippen LogP contribution < -0.4 is 5.32 Å². The number of carboxylic acid groups (broad SMARTS) is 1. The third-order valence-electron chi connectivity index (χ3n) is 1.94. The van der Waals surface area contributed by atoms with Gasteiger partial charge < -0.3 is 10.4 Å². The molecule has 5 heteroatoms. The van der Waals surface area contributed by atoms with Crippen LogP contribution in [0.3, 0.4) is 0 Å². The second-order valence-electron chi connectivity index (χ2n) is 3.37. The number of carboxylic acids is 1. The van der Waals surface area contributed by atoms with Crippen LogP contribution in [0.1, 0.15) is 32.7 Å². The summed E-state index contributed by atoms with van der Waals surface area (Å²) in [6.07, 6.45) is 2.41. The standard InChI is InChI=1S/C11H13NO3S/c1-3-4-7(2)12-10(13)8-5-6-9(16-8)11(14)15/h3,5-7H,1,4H2,2H3,(H,12,13)(H,14,15). The minimum atomic E-state index is -1.01. The smallest absolute Gasteiger partial charge is 0.345 e. The molecule has 1 aromatic rings. The molecule has 1 rings (SSSR count). The normalized spacial score (nSPS) is 11.8. The fourth-order valence-electron chi connectivity index (χ4n) is 1.18. The second-order valence-corrected chi connectivity index (χ2v) is 4.45. The molecule has 1 atom stereocenters. The first kappa shape index (κ1) is 12.4. The SMILES string of the molecule is C=CCC(C)NC(=O)c1ccc(C(=O)O)s1. The van der Waals surface area contributed by atoms with Crippen molar-refractivity contribution in [3.05, 3.63) is 34.5 Å². The van der Waals surface area contributed by atoms with Crippen LogP contribution in [-0.4, -0.2) is 23.0 Å². The van der Waals surface area contributed by atoms with Gasteiger partial charge in [-0.25, -0.2) is 4.79 Å². The van der Waals surface area contributed by atoms with Gasteiger partial charge in [-0.1, -0.05) is 6.08 Å². The number of carbonyl (C=O) groups excluding carboxylic acids is 1. The minimum Gasteiger partial charge on any atom is -0.477 e. The minimum absolute atomic E-state index is 0.000350. The highest BCUT2D eigenvalue weighted by atomic mass is 32.1. The van der Waals surface area contributed by atoms with Crippen molar-refractivity contribution in [1.82, 2.24) is 5.32 Å². The van der Waals surface area contributed by atoms with E-state index in [4.69, 9.17) is 5.11 Å². The van der Waals surface area contributed by atoms with E-state index in [-0.39, 0.29) is 16.8 Å². The monoisotopic (exact) mass is 239 g/mol. The van der Waals surface area contributed by atoms with E-state index in [2.05, 4.69) is 11.9 Å². The lowest BCUT2D eigenvalue weighted by Crippen LogP contribution is -2.31. The van der Waals surface area contributed by atoms with Crippen molar-refractivity contribution in [2.45, 2.75) is 19.4 Å². The molecule has 0 fully saturated rings. The molecule has 16 heavy (non-hydrogen) atoms. The first-order chi connectivity index (χ1) is 7.54. The van der Waals surface area contributed by atoms with Gasteiger partial charge in [0, 0.05) is 6.04 Å². The van der Waals surface area contributed by atoms with E-state index in [1.807, 2.05) is 6.92 Å². The molecule has 1 amide bonds. The van der Waals surface area contributed by atoms with Gasteiger partial charge in [-0.3, -0.25) is 4.79 Å². The first-order valence-corrected chi connectivity index (χ1v) is 5.61. The van der Waals surface area contributed by atoms with E-state index in [9.17, 15) is 9.59 Å². The zero-order chi connectivity index (χ0) is 12.1. The molecule has 0 aromatic carbocycles. The summed E-state index contributed by atoms with van der Waals surface area (Å²) in [5, 5.41) is 11.5. The van der Waals surface area contributed by atoms with E-state index in [1.165, 1.54) is 12.1 Å². The third kappa shape index (κ3) is 3.20. The Morgan fingerprint density at radius 1 is 1.56 bits per heavy atom. The molecule has 1 unspecified atom stereocenters. The zero-order valence-corrected chi connectivity index (χ0v) is 9.71. The summed E-state index contributed by atoms with van der Waals surface area (Å²) < 4.78 is 0. The van der Waals surface area contributed by atoms with Gasteiger partial charge in [-0.2, -0.15) is 0 Å². The van der Waals surface area contributed by atoms with Gasteiger partial charge >= 0.3 is 5.97 Å². The largest absolute Gasteiger partial charge is 0.477 e. The van der Waals surface area contributed by atoms with Crippen LogP contribution in [0.15, 0.2) is 24.8 Å². The summed E-state index contributed by atoms with van der Waals surface area (Å²) in [6, 6.07) is 2.95. The van der Waals surface area contributed by atoms with Crippen molar-refractivity contribution < 1.29 is 14.7 Å². The predicted octanol–water partition coefficient (Wildman–Crippen LogP) is 2.14. The van der Waals surface area contributed by atoms with Crippen molar-refractivity contribution in [3.63, 3.8) is 0 Å². The van der Waals surface area contributed by atoms with Crippen molar-refractivity contribution >= 4 is 23.2 Å². The Morgan fingerprint density at radius 2 is 2.19 bits per heavy atom. The molecule has 86 valence electrons. The summed E-state index contributed by atoms with van der Waals surface area (Å²) in [7, 11) is 0. The quantitative estimate of drug-likeness (QED) is 0.774. The Hall–Kier alpha value is -1.62. The molecule has 0 bridgehead atoms. The molecule has 0 spiro atoms. The van der Waals surface area contributed by atoms with E-state index < -0.39 is 5.97 Å². The van der Waals surface area contributed by atoms with Crippen LogP contribution in [-0.2, 0) is 0 Å². The number of rotatable bonds is 5. The Bertz CT molecular complexity index is 411. The van der Waals surface area contributed by atoms with Crippen LogP contribution in [0, 0.1) is 0 Å². The van der Waals surface area contributed by atoms with Crippen molar-refractivity contribution in [1.29, 1.82) is 0 Å². The molecular formula is C11H13NO3S. The lowest BCUT2D eigenvalue weighted by atomic mass is 10.2. The Labute approximate surface area is 97.6 Å². The van der Waals surface area contributed by atoms with Crippen molar-refractivity contribution in [2.24, 2.45) is 0 Å². The molecule has 1 heterocycles. The molecule has 0 saturated heterocycles. The summed E-state index contributed by atoms with van der Waals surface area (Å²) >= 11 is 0.972. The molecular weight excluding hydrogens is 226 g/mol. The van der Waals surface area contributed by atoms with Gasteiger partial charge in [0.05, 0.1) is 4.88 Å². The number of aromatic carboxylic acids is 1. The second kappa shape index (κ2) is 5.46. The molecule has 1 aromatic heterocycles. The average Bonchev–Trinajstić information content (AvgIpc) is 2.66. The van der Waals surface area contributed by atoms with Gasteiger partial charge in [0.15, 0.2) is 0 Å². The van der Waals surface area contributed by atoms with Crippen LogP contribution in [0.2, 0.25) is 0 Å². The third-order valence-corrected chi connectivity index (χ3v) is 3.01. The predicted molar refractivity (Wildman–Crippen MR) is 63.0 cm³/mol. The zero-order valence-electron chi connectivity index (χ0n) is 8.90. The summed E-state index contributed by atoms with van der Waals surface area (Å²) in [5.41, 5.74) is 0. The van der Waals surface area contributed by atoms with Crippen LogP contribution in [0.25, 0.3) is 0 Å². The maximum Gasteiger partial charge on any atom is 0.345 e. The lowest BCUT2D eigenvalue weighted by Gasteiger charge is -2.09. The van der Waals surface area contributed by atoms with Crippen molar-refractivity contribution in [2.75, 3.05) is 0 Å². The highest BCUT2D eigenvalue weighted by molar-refractivity contribution is 7.15. The van der Waals surface area contributed by atoms with Crippen LogP contribution >= 0.6 is 11.3 Å². The molecule has 0 aliphatic heterocycles. The van der Waals surface area contributed by atoms with Gasteiger partial charge in [0.25, 0.3) is 5.91 Å². The van der Waals surface area contributed by atoms with Gasteiger partial charge in [-0.05, 0) is 25.5 Å². The van der Waals surface area contributed by atoms with E-state index in [0.717, 1.165) is 11.3 Å². The molecule has 0 aliphatic rings. The molecule has 0 radical (unpaired) electrons. The Kier molecular flexibility index (Phi) is 4.25. The van der Waals surface area contributed by atoms with Crippen LogP contribution in [0.5, 0.6) is 0 Å². The van der Waals surface area contributed by atoms with Gasteiger partial charge in [0.2, 0.25) is 0 Å². The van der Waals surface area contributed by atoms with E-state index in [0.29, 0.717) is 11.3 Å². The summed E-state index contributed by atoms with van der Waals surface area (Å²) in [6.45, 7) is 5.45. The number of hydrogen-bond donors (Lipinski definition) is 2. The van der Waals surface area contributed by atoms with Crippen LogP contribution in [0.4, 0.5) is 0 Å². The number of carbonyl (C=O) groups is 2.